The van der Waals surface area contributed by atoms with Crippen molar-refractivity contribution in [2.45, 2.75) is 32.2 Å². The molecule has 0 bridgehead atoms. The van der Waals surface area contributed by atoms with Gasteiger partial charge in [-0.15, -0.1) is 0 Å². The van der Waals surface area contributed by atoms with E-state index in [0.717, 1.165) is 55.7 Å². The second-order valence-corrected chi connectivity index (χ2v) is 6.69. The zero-order chi connectivity index (χ0) is 17.6. The van der Waals surface area contributed by atoms with Crippen molar-refractivity contribution >= 4 is 5.91 Å². The van der Waals surface area contributed by atoms with Gasteiger partial charge in [0.1, 0.15) is 0 Å². The number of halogens is 2. The average Bonchev–Trinajstić information content (AvgIpc) is 3.20. The van der Waals surface area contributed by atoms with Crippen LogP contribution in [0.15, 0.2) is 18.2 Å². The maximum atomic E-state index is 13.6. The number of carbonyl (C=O) groups is 1. The van der Waals surface area contributed by atoms with E-state index in [1.807, 2.05) is 11.8 Å². The van der Waals surface area contributed by atoms with Crippen LogP contribution in [0.3, 0.4) is 0 Å². The van der Waals surface area contributed by atoms with Crippen LogP contribution in [0.4, 0.5) is 8.78 Å². The minimum atomic E-state index is -0.914. The Balaban J connectivity index is 1.75. The molecule has 0 radical (unpaired) electrons. The van der Waals surface area contributed by atoms with Crippen LogP contribution < -0.4 is 5.32 Å². The number of carbonyl (C=O) groups excluding carboxylic acids is 1. The Morgan fingerprint density at radius 2 is 2.12 bits per heavy atom. The monoisotopic (exact) mass is 346 g/mol. The highest BCUT2D eigenvalue weighted by Gasteiger charge is 2.32. The normalized spacial score (nSPS) is 20.0. The van der Waals surface area contributed by atoms with Crippen molar-refractivity contribution in [1.82, 2.24) is 20.0 Å². The van der Waals surface area contributed by atoms with Gasteiger partial charge < -0.3 is 10.2 Å². The zero-order valence-electron chi connectivity index (χ0n) is 14.1. The molecule has 1 fully saturated rings. The molecule has 1 N–H and O–H groups in total. The molecular weight excluding hydrogens is 326 g/mol. The van der Waals surface area contributed by atoms with Crippen molar-refractivity contribution in [2.24, 2.45) is 0 Å². The number of hydrogen-bond acceptors (Lipinski definition) is 3. The SMILES string of the molecule is C[C@H]1CNCCN1C(=O)c1nn(-c2ccc(F)c(F)c2)c2c1CCC2. The third-order valence-corrected chi connectivity index (χ3v) is 5.04. The highest BCUT2D eigenvalue weighted by atomic mass is 19.2. The molecule has 1 aromatic carbocycles. The lowest BCUT2D eigenvalue weighted by Gasteiger charge is -2.33. The summed E-state index contributed by atoms with van der Waals surface area (Å²) >= 11 is 0. The fourth-order valence-corrected chi connectivity index (χ4v) is 3.72. The van der Waals surface area contributed by atoms with Gasteiger partial charge in [-0.3, -0.25) is 4.79 Å². The van der Waals surface area contributed by atoms with Crippen molar-refractivity contribution < 1.29 is 13.6 Å². The van der Waals surface area contributed by atoms with Crippen LogP contribution in [0.2, 0.25) is 0 Å². The maximum absolute atomic E-state index is 13.6. The summed E-state index contributed by atoms with van der Waals surface area (Å²) in [5, 5.41) is 7.77. The van der Waals surface area contributed by atoms with Crippen LogP contribution in [0.1, 0.15) is 35.1 Å². The molecule has 2 aromatic rings. The summed E-state index contributed by atoms with van der Waals surface area (Å²) < 4.78 is 28.5. The number of nitrogens with zero attached hydrogens (tertiary/aromatic N) is 3. The Bertz CT molecular complexity index is 833. The molecule has 1 aromatic heterocycles. The highest BCUT2D eigenvalue weighted by Crippen LogP contribution is 2.29. The van der Waals surface area contributed by atoms with Crippen molar-refractivity contribution in [2.75, 3.05) is 19.6 Å². The minimum Gasteiger partial charge on any atom is -0.332 e. The van der Waals surface area contributed by atoms with Crippen LogP contribution in [-0.2, 0) is 12.8 Å². The predicted molar refractivity (Wildman–Crippen MR) is 88.9 cm³/mol. The van der Waals surface area contributed by atoms with E-state index in [4.69, 9.17) is 0 Å². The van der Waals surface area contributed by atoms with Crippen molar-refractivity contribution in [1.29, 1.82) is 0 Å². The van der Waals surface area contributed by atoms with E-state index in [-0.39, 0.29) is 11.9 Å². The molecular formula is C18H20F2N4O. The van der Waals surface area contributed by atoms with E-state index in [9.17, 15) is 13.6 Å². The summed E-state index contributed by atoms with van der Waals surface area (Å²) in [5.41, 5.74) is 2.77. The average molecular weight is 346 g/mol. The lowest BCUT2D eigenvalue weighted by atomic mass is 10.1. The molecule has 1 saturated heterocycles. The van der Waals surface area contributed by atoms with Gasteiger partial charge in [0.2, 0.25) is 0 Å². The molecule has 4 rings (SSSR count). The fraction of sp³-hybridized carbons (Fsp3) is 0.444. The Kier molecular flexibility index (Phi) is 4.03. The lowest BCUT2D eigenvalue weighted by Crippen LogP contribution is -2.52. The van der Waals surface area contributed by atoms with Crippen LogP contribution >= 0.6 is 0 Å². The lowest BCUT2D eigenvalue weighted by molar-refractivity contribution is 0.0648. The third-order valence-electron chi connectivity index (χ3n) is 5.04. The molecule has 1 aliphatic heterocycles. The van der Waals surface area contributed by atoms with Gasteiger partial charge in [0, 0.05) is 43.0 Å². The third kappa shape index (κ3) is 2.72. The molecule has 0 unspecified atom stereocenters. The first kappa shape index (κ1) is 16.2. The van der Waals surface area contributed by atoms with E-state index in [1.54, 1.807) is 4.68 Å². The summed E-state index contributed by atoms with van der Waals surface area (Å²) in [6.45, 7) is 4.18. The smallest absolute Gasteiger partial charge is 0.274 e. The van der Waals surface area contributed by atoms with Gasteiger partial charge in [-0.1, -0.05) is 0 Å². The number of hydrogen-bond donors (Lipinski definition) is 1. The van der Waals surface area contributed by atoms with Crippen LogP contribution in [-0.4, -0.2) is 46.3 Å². The zero-order valence-corrected chi connectivity index (χ0v) is 14.1. The largest absolute Gasteiger partial charge is 0.332 e. The second kappa shape index (κ2) is 6.22. The van der Waals surface area contributed by atoms with Gasteiger partial charge in [-0.2, -0.15) is 5.10 Å². The minimum absolute atomic E-state index is 0.0755. The van der Waals surface area contributed by atoms with Gasteiger partial charge in [0.05, 0.1) is 5.69 Å². The van der Waals surface area contributed by atoms with Gasteiger partial charge >= 0.3 is 0 Å². The number of fused-ring (bicyclic) bond motifs is 1. The molecule has 0 spiro atoms. The Hall–Kier alpha value is -2.28. The topological polar surface area (TPSA) is 50.2 Å². The summed E-state index contributed by atoms with van der Waals surface area (Å²) in [6.07, 6.45) is 2.51. The molecule has 1 amide bonds. The first-order valence-electron chi connectivity index (χ1n) is 8.64. The summed E-state index contributed by atoms with van der Waals surface area (Å²) in [4.78, 5) is 14.9. The number of rotatable bonds is 2. The van der Waals surface area contributed by atoms with Crippen LogP contribution in [0.25, 0.3) is 5.69 Å². The Labute approximate surface area is 144 Å². The van der Waals surface area contributed by atoms with Gasteiger partial charge in [0.15, 0.2) is 17.3 Å². The maximum Gasteiger partial charge on any atom is 0.274 e. The standard InChI is InChI=1S/C18H20F2N4O/c1-11-10-21-7-8-23(11)18(25)17-13-3-2-4-16(13)24(22-17)12-5-6-14(19)15(20)9-12/h5-6,9,11,21H,2-4,7-8,10H2,1H3/t11-/m0/s1. The van der Waals surface area contributed by atoms with Crippen molar-refractivity contribution in [3.63, 3.8) is 0 Å². The van der Waals surface area contributed by atoms with Crippen LogP contribution in [0.5, 0.6) is 0 Å². The highest BCUT2D eigenvalue weighted by molar-refractivity contribution is 5.94. The Morgan fingerprint density at radius 3 is 2.88 bits per heavy atom. The van der Waals surface area contributed by atoms with Gasteiger partial charge in [-0.25, -0.2) is 13.5 Å². The second-order valence-electron chi connectivity index (χ2n) is 6.69. The number of aromatic nitrogens is 2. The number of piperazine rings is 1. The number of nitrogens with one attached hydrogen (secondary N) is 1. The molecule has 1 atom stereocenters. The summed E-state index contributed by atoms with van der Waals surface area (Å²) in [5.74, 6) is -1.88. The van der Waals surface area contributed by atoms with E-state index in [1.165, 1.54) is 6.07 Å². The van der Waals surface area contributed by atoms with E-state index in [0.29, 0.717) is 17.9 Å². The molecule has 7 heteroatoms. The molecule has 2 aliphatic rings. The van der Waals surface area contributed by atoms with Crippen LogP contribution in [0, 0.1) is 11.6 Å². The van der Waals surface area contributed by atoms with E-state index >= 15 is 0 Å². The first-order valence-corrected chi connectivity index (χ1v) is 8.64. The van der Waals surface area contributed by atoms with E-state index < -0.39 is 11.6 Å². The number of amides is 1. The van der Waals surface area contributed by atoms with Gasteiger partial charge in [-0.05, 0) is 38.3 Å². The van der Waals surface area contributed by atoms with Crippen molar-refractivity contribution in [3.05, 3.63) is 46.8 Å². The molecule has 132 valence electrons. The molecule has 25 heavy (non-hydrogen) atoms. The summed E-state index contributed by atoms with van der Waals surface area (Å²) in [7, 11) is 0. The number of benzene rings is 1. The van der Waals surface area contributed by atoms with Crippen molar-refractivity contribution in [3.8, 4) is 5.69 Å². The molecule has 2 heterocycles. The fourth-order valence-electron chi connectivity index (χ4n) is 3.72. The Morgan fingerprint density at radius 1 is 1.28 bits per heavy atom. The quantitative estimate of drug-likeness (QED) is 0.906. The molecule has 0 saturated carbocycles. The first-order chi connectivity index (χ1) is 12.1. The summed E-state index contributed by atoms with van der Waals surface area (Å²) in [6, 6.07) is 3.81. The molecule has 1 aliphatic carbocycles. The molecule has 5 nitrogen and oxygen atoms in total. The van der Waals surface area contributed by atoms with E-state index in [2.05, 4.69) is 10.4 Å². The van der Waals surface area contributed by atoms with Gasteiger partial charge in [0.25, 0.3) is 5.91 Å². The predicted octanol–water partition coefficient (Wildman–Crippen LogP) is 2.07.